The van der Waals surface area contributed by atoms with Gasteiger partial charge in [-0.1, -0.05) is 35.0 Å². The van der Waals surface area contributed by atoms with E-state index in [0.29, 0.717) is 18.4 Å². The fourth-order valence-electron chi connectivity index (χ4n) is 2.53. The predicted octanol–water partition coefficient (Wildman–Crippen LogP) is 3.89. The first kappa shape index (κ1) is 21.6. The van der Waals surface area contributed by atoms with Crippen LogP contribution in [0.2, 0.25) is 0 Å². The summed E-state index contributed by atoms with van der Waals surface area (Å²) in [5, 5.41) is 2.94. The van der Waals surface area contributed by atoms with Crippen LogP contribution in [0.15, 0.2) is 57.9 Å². The number of hydrogen-bond acceptors (Lipinski definition) is 3. The van der Waals surface area contributed by atoms with Crippen LogP contribution in [0.4, 0.5) is 0 Å². The number of halogens is 1. The average molecular weight is 453 g/mol. The molecule has 0 bridgehead atoms. The molecule has 0 saturated carbocycles. The minimum atomic E-state index is -3.57. The zero-order chi connectivity index (χ0) is 20.0. The fraction of sp³-hybridized carbons (Fsp3) is 0.350. The van der Waals surface area contributed by atoms with Gasteiger partial charge < -0.3 is 5.32 Å². The SMILES string of the molecule is CCC(C)NS(=O)(=O)c1ccc(C(=O)NC(C)Cc2ccc(Br)cc2)cc1. The van der Waals surface area contributed by atoms with Crippen molar-refractivity contribution in [2.45, 2.75) is 50.6 Å². The van der Waals surface area contributed by atoms with Crippen molar-refractivity contribution in [2.24, 2.45) is 0 Å². The molecule has 2 aromatic carbocycles. The van der Waals surface area contributed by atoms with E-state index in [9.17, 15) is 13.2 Å². The monoisotopic (exact) mass is 452 g/mol. The second kappa shape index (κ2) is 9.48. The molecule has 0 radical (unpaired) electrons. The molecule has 2 rings (SSSR count). The van der Waals surface area contributed by atoms with Gasteiger partial charge in [0.1, 0.15) is 0 Å². The summed E-state index contributed by atoms with van der Waals surface area (Å²) in [6.07, 6.45) is 1.42. The summed E-state index contributed by atoms with van der Waals surface area (Å²) in [5.74, 6) is -0.224. The average Bonchev–Trinajstić information content (AvgIpc) is 2.63. The first-order valence-corrected chi connectivity index (χ1v) is 11.2. The Morgan fingerprint density at radius 2 is 1.59 bits per heavy atom. The van der Waals surface area contributed by atoms with Gasteiger partial charge in [-0.2, -0.15) is 0 Å². The molecule has 2 N–H and O–H groups in total. The summed E-state index contributed by atoms with van der Waals surface area (Å²) >= 11 is 3.40. The van der Waals surface area contributed by atoms with Crippen molar-refractivity contribution in [2.75, 3.05) is 0 Å². The van der Waals surface area contributed by atoms with Crippen molar-refractivity contribution in [1.29, 1.82) is 0 Å². The minimum Gasteiger partial charge on any atom is -0.349 e. The summed E-state index contributed by atoms with van der Waals surface area (Å²) in [7, 11) is -3.57. The smallest absolute Gasteiger partial charge is 0.251 e. The zero-order valence-electron chi connectivity index (χ0n) is 15.7. The van der Waals surface area contributed by atoms with Gasteiger partial charge in [-0.05, 0) is 68.7 Å². The van der Waals surface area contributed by atoms with E-state index in [1.165, 1.54) is 24.3 Å². The lowest BCUT2D eigenvalue weighted by molar-refractivity contribution is 0.0940. The highest BCUT2D eigenvalue weighted by Gasteiger charge is 2.17. The number of benzene rings is 2. The lowest BCUT2D eigenvalue weighted by Crippen LogP contribution is -2.34. The van der Waals surface area contributed by atoms with Gasteiger partial charge in [-0.15, -0.1) is 0 Å². The number of rotatable bonds is 8. The maximum absolute atomic E-state index is 12.4. The molecule has 146 valence electrons. The molecule has 2 unspecified atom stereocenters. The van der Waals surface area contributed by atoms with Crippen LogP contribution in [0.25, 0.3) is 0 Å². The van der Waals surface area contributed by atoms with Gasteiger partial charge in [-0.3, -0.25) is 4.79 Å². The van der Waals surface area contributed by atoms with Crippen LogP contribution >= 0.6 is 15.9 Å². The molecule has 27 heavy (non-hydrogen) atoms. The molecule has 0 aliphatic carbocycles. The van der Waals surface area contributed by atoms with Crippen LogP contribution in [-0.4, -0.2) is 26.4 Å². The van der Waals surface area contributed by atoms with Crippen LogP contribution < -0.4 is 10.0 Å². The Bertz CT molecular complexity index is 865. The first-order chi connectivity index (χ1) is 12.7. The number of nitrogens with one attached hydrogen (secondary N) is 2. The summed E-state index contributed by atoms with van der Waals surface area (Å²) in [4.78, 5) is 12.6. The first-order valence-electron chi connectivity index (χ1n) is 8.89. The number of amides is 1. The second-order valence-corrected chi connectivity index (χ2v) is 9.29. The van der Waals surface area contributed by atoms with Crippen molar-refractivity contribution in [3.05, 3.63) is 64.1 Å². The normalized spacial score (nSPS) is 13.8. The van der Waals surface area contributed by atoms with Crippen LogP contribution in [0.5, 0.6) is 0 Å². The number of sulfonamides is 1. The maximum atomic E-state index is 12.4. The Hall–Kier alpha value is -1.70. The summed E-state index contributed by atoms with van der Waals surface area (Å²) < 4.78 is 28.2. The molecule has 2 aromatic rings. The van der Waals surface area contributed by atoms with E-state index in [0.717, 1.165) is 10.0 Å². The standard InChI is InChI=1S/C20H25BrN2O3S/c1-4-14(2)23-27(25,26)19-11-7-17(8-12-19)20(24)22-15(3)13-16-5-9-18(21)10-6-16/h5-12,14-15,23H,4,13H2,1-3H3,(H,22,24). The summed E-state index contributed by atoms with van der Waals surface area (Å²) in [5.41, 5.74) is 1.56. The van der Waals surface area contributed by atoms with E-state index in [1.54, 1.807) is 0 Å². The number of carbonyl (C=O) groups excluding carboxylic acids is 1. The van der Waals surface area contributed by atoms with E-state index in [-0.39, 0.29) is 22.9 Å². The highest BCUT2D eigenvalue weighted by atomic mass is 79.9. The van der Waals surface area contributed by atoms with Crippen molar-refractivity contribution in [3.63, 3.8) is 0 Å². The van der Waals surface area contributed by atoms with Crippen molar-refractivity contribution >= 4 is 31.9 Å². The van der Waals surface area contributed by atoms with Crippen molar-refractivity contribution in [1.82, 2.24) is 10.0 Å². The van der Waals surface area contributed by atoms with Crippen LogP contribution in [0.3, 0.4) is 0 Å². The van der Waals surface area contributed by atoms with Crippen LogP contribution in [-0.2, 0) is 16.4 Å². The van der Waals surface area contributed by atoms with E-state index in [2.05, 4.69) is 26.0 Å². The largest absolute Gasteiger partial charge is 0.349 e. The van der Waals surface area contributed by atoms with Crippen LogP contribution in [0.1, 0.15) is 43.1 Å². The molecular weight excluding hydrogens is 428 g/mol. The fourth-order valence-corrected chi connectivity index (χ4v) is 4.13. The number of carbonyl (C=O) groups is 1. The van der Waals surface area contributed by atoms with Gasteiger partial charge in [0, 0.05) is 22.1 Å². The van der Waals surface area contributed by atoms with Crippen molar-refractivity contribution < 1.29 is 13.2 Å². The van der Waals surface area contributed by atoms with E-state index < -0.39 is 10.0 Å². The molecular formula is C20H25BrN2O3S. The minimum absolute atomic E-state index is 0.0471. The van der Waals surface area contributed by atoms with Gasteiger partial charge in [0.2, 0.25) is 10.0 Å². The highest BCUT2D eigenvalue weighted by Crippen LogP contribution is 2.14. The second-order valence-electron chi connectivity index (χ2n) is 6.66. The maximum Gasteiger partial charge on any atom is 0.251 e. The molecule has 0 aliphatic rings. The molecule has 7 heteroatoms. The van der Waals surface area contributed by atoms with Gasteiger partial charge in [0.05, 0.1) is 4.90 Å². The van der Waals surface area contributed by atoms with E-state index >= 15 is 0 Å². The van der Waals surface area contributed by atoms with Gasteiger partial charge in [0.15, 0.2) is 0 Å². The van der Waals surface area contributed by atoms with Gasteiger partial charge >= 0.3 is 0 Å². The Balaban J connectivity index is 1.99. The van der Waals surface area contributed by atoms with Gasteiger partial charge in [0.25, 0.3) is 5.91 Å². The van der Waals surface area contributed by atoms with E-state index in [4.69, 9.17) is 0 Å². The topological polar surface area (TPSA) is 75.3 Å². The highest BCUT2D eigenvalue weighted by molar-refractivity contribution is 9.10. The Morgan fingerprint density at radius 3 is 2.15 bits per heavy atom. The number of hydrogen-bond donors (Lipinski definition) is 2. The summed E-state index contributed by atoms with van der Waals surface area (Å²) in [6, 6.07) is 13.8. The molecule has 1 amide bonds. The molecule has 0 aromatic heterocycles. The van der Waals surface area contributed by atoms with Gasteiger partial charge in [-0.25, -0.2) is 13.1 Å². The quantitative estimate of drug-likeness (QED) is 0.637. The third kappa shape index (κ3) is 6.45. The third-order valence-electron chi connectivity index (χ3n) is 4.23. The lowest BCUT2D eigenvalue weighted by atomic mass is 10.1. The molecule has 0 heterocycles. The van der Waals surface area contributed by atoms with Crippen molar-refractivity contribution in [3.8, 4) is 0 Å². The van der Waals surface area contributed by atoms with E-state index in [1.807, 2.05) is 45.0 Å². The molecule has 0 spiro atoms. The predicted molar refractivity (Wildman–Crippen MR) is 111 cm³/mol. The summed E-state index contributed by atoms with van der Waals surface area (Å²) in [6.45, 7) is 5.66. The lowest BCUT2D eigenvalue weighted by Gasteiger charge is -2.15. The zero-order valence-corrected chi connectivity index (χ0v) is 18.1. The molecule has 0 aliphatic heterocycles. The Labute approximate surface area is 169 Å². The molecule has 2 atom stereocenters. The molecule has 0 saturated heterocycles. The third-order valence-corrected chi connectivity index (χ3v) is 6.36. The Morgan fingerprint density at radius 1 is 1.00 bits per heavy atom. The van der Waals surface area contributed by atoms with Crippen LogP contribution in [0, 0.1) is 0 Å². The molecule has 0 fully saturated rings. The Kier molecular flexibility index (Phi) is 7.59. The molecule has 5 nitrogen and oxygen atoms in total.